The third-order valence-electron chi connectivity index (χ3n) is 4.71. The second kappa shape index (κ2) is 10.7. The zero-order chi connectivity index (χ0) is 18.9. The highest BCUT2D eigenvalue weighted by Gasteiger charge is 2.20. The minimum atomic E-state index is 0.250. The van der Waals surface area contributed by atoms with Crippen molar-refractivity contribution in [1.29, 1.82) is 0 Å². The van der Waals surface area contributed by atoms with Crippen molar-refractivity contribution in [2.75, 3.05) is 32.7 Å². The summed E-state index contributed by atoms with van der Waals surface area (Å²) >= 11 is 12.0. The molecule has 1 aliphatic heterocycles. The molecular weight excluding hydrogens is 379 g/mol. The molecule has 1 fully saturated rings. The summed E-state index contributed by atoms with van der Waals surface area (Å²) in [6.45, 7) is 5.09. The number of hydrogen-bond acceptors (Lipinski definition) is 3. The summed E-state index contributed by atoms with van der Waals surface area (Å²) in [5.41, 5.74) is 1.24. The lowest BCUT2D eigenvalue weighted by atomic mass is 10.1. The van der Waals surface area contributed by atoms with Crippen molar-refractivity contribution < 1.29 is 4.74 Å². The molecule has 1 saturated heterocycles. The highest BCUT2D eigenvalue weighted by Crippen LogP contribution is 2.28. The number of hydrogen-bond donors (Lipinski definition) is 1. The van der Waals surface area contributed by atoms with Crippen LogP contribution in [0.1, 0.15) is 18.4 Å². The molecule has 5 heteroatoms. The van der Waals surface area contributed by atoms with E-state index in [1.165, 1.54) is 5.56 Å². The largest absolute Gasteiger partial charge is 0.490 e. The number of nitrogens with zero attached hydrogens (tertiary/aromatic N) is 1. The van der Waals surface area contributed by atoms with Gasteiger partial charge in [-0.3, -0.25) is 0 Å². The molecule has 3 nitrogen and oxygen atoms in total. The van der Waals surface area contributed by atoms with Gasteiger partial charge in [-0.15, -0.1) is 0 Å². The minimum absolute atomic E-state index is 0.250. The van der Waals surface area contributed by atoms with Crippen molar-refractivity contribution in [3.63, 3.8) is 0 Å². The molecule has 1 aliphatic rings. The second-order valence-corrected chi connectivity index (χ2v) is 7.57. The molecule has 0 spiro atoms. The third kappa shape index (κ3) is 6.86. The lowest BCUT2D eigenvalue weighted by molar-refractivity contribution is 0.101. The van der Waals surface area contributed by atoms with Gasteiger partial charge in [0.25, 0.3) is 0 Å². The van der Waals surface area contributed by atoms with Crippen LogP contribution < -0.4 is 10.1 Å². The van der Waals surface area contributed by atoms with Crippen LogP contribution in [0.4, 0.5) is 0 Å². The summed E-state index contributed by atoms with van der Waals surface area (Å²) in [5, 5.41) is 4.58. The molecular formula is C22H26Cl2N2O. The highest BCUT2D eigenvalue weighted by atomic mass is 35.5. The molecule has 2 aromatic rings. The predicted octanol–water partition coefficient (Wildman–Crippen LogP) is 5.14. The van der Waals surface area contributed by atoms with E-state index in [4.69, 9.17) is 27.9 Å². The summed E-state index contributed by atoms with van der Waals surface area (Å²) in [4.78, 5) is 2.49. The number of halogens is 2. The van der Waals surface area contributed by atoms with Crippen LogP contribution in [-0.2, 0) is 0 Å². The molecule has 144 valence electrons. The molecule has 27 heavy (non-hydrogen) atoms. The fourth-order valence-electron chi connectivity index (χ4n) is 3.18. The van der Waals surface area contributed by atoms with Gasteiger partial charge < -0.3 is 15.0 Å². The molecule has 0 radical (unpaired) electrons. The molecule has 0 amide bonds. The fourth-order valence-corrected chi connectivity index (χ4v) is 3.46. The van der Waals surface area contributed by atoms with E-state index in [2.05, 4.69) is 46.6 Å². The van der Waals surface area contributed by atoms with Gasteiger partial charge in [-0.05, 0) is 30.5 Å². The summed E-state index contributed by atoms with van der Waals surface area (Å²) in [6.07, 6.45) is 6.65. The molecule has 0 saturated carbocycles. The minimum Gasteiger partial charge on any atom is -0.490 e. The van der Waals surface area contributed by atoms with Crippen LogP contribution >= 0.6 is 23.2 Å². The van der Waals surface area contributed by atoms with Gasteiger partial charge in [0.15, 0.2) is 0 Å². The number of ether oxygens (including phenoxy) is 1. The van der Waals surface area contributed by atoms with Gasteiger partial charge in [-0.2, -0.15) is 0 Å². The van der Waals surface area contributed by atoms with Crippen LogP contribution in [0.25, 0.3) is 6.08 Å². The van der Waals surface area contributed by atoms with Crippen molar-refractivity contribution in [3.05, 3.63) is 70.2 Å². The Hall–Kier alpha value is -1.52. The first-order chi connectivity index (χ1) is 13.2. The number of rotatable bonds is 8. The van der Waals surface area contributed by atoms with E-state index in [-0.39, 0.29) is 6.10 Å². The second-order valence-electron chi connectivity index (χ2n) is 6.75. The Labute approximate surface area is 171 Å². The number of likely N-dealkylation sites (tertiary alicyclic amines) is 1. The number of nitrogens with one attached hydrogen (secondary N) is 1. The van der Waals surface area contributed by atoms with Gasteiger partial charge in [0.1, 0.15) is 11.9 Å². The molecule has 0 aromatic heterocycles. The molecule has 3 rings (SSSR count). The van der Waals surface area contributed by atoms with Crippen molar-refractivity contribution in [2.24, 2.45) is 0 Å². The van der Waals surface area contributed by atoms with E-state index in [0.717, 1.165) is 51.3 Å². The Morgan fingerprint density at radius 1 is 1.04 bits per heavy atom. The van der Waals surface area contributed by atoms with E-state index in [0.29, 0.717) is 10.0 Å². The van der Waals surface area contributed by atoms with Gasteiger partial charge in [0.2, 0.25) is 0 Å². The highest BCUT2D eigenvalue weighted by molar-refractivity contribution is 6.42. The van der Waals surface area contributed by atoms with E-state index in [9.17, 15) is 0 Å². The zero-order valence-electron chi connectivity index (χ0n) is 15.4. The van der Waals surface area contributed by atoms with Crippen LogP contribution in [0.2, 0.25) is 10.0 Å². The van der Waals surface area contributed by atoms with Crippen molar-refractivity contribution >= 4 is 29.3 Å². The first kappa shape index (κ1) is 20.2. The average Bonchev–Trinajstić information content (AvgIpc) is 2.69. The van der Waals surface area contributed by atoms with Gasteiger partial charge in [-0.25, -0.2) is 0 Å². The van der Waals surface area contributed by atoms with Crippen LogP contribution in [0.3, 0.4) is 0 Å². The maximum absolute atomic E-state index is 6.05. The molecule has 0 atom stereocenters. The quantitative estimate of drug-likeness (QED) is 0.616. The van der Waals surface area contributed by atoms with Gasteiger partial charge in [-0.1, -0.05) is 65.7 Å². The van der Waals surface area contributed by atoms with Crippen molar-refractivity contribution in [2.45, 2.75) is 18.9 Å². The summed E-state index contributed by atoms with van der Waals surface area (Å²) in [7, 11) is 0. The lowest BCUT2D eigenvalue weighted by Gasteiger charge is -2.32. The maximum Gasteiger partial charge on any atom is 0.121 e. The van der Waals surface area contributed by atoms with E-state index in [1.807, 2.05) is 12.1 Å². The summed E-state index contributed by atoms with van der Waals surface area (Å²) in [5.74, 6) is 0.801. The predicted molar refractivity (Wildman–Crippen MR) is 115 cm³/mol. The van der Waals surface area contributed by atoms with E-state index >= 15 is 0 Å². The molecule has 1 N–H and O–H groups in total. The topological polar surface area (TPSA) is 24.5 Å². The molecule has 0 unspecified atom stereocenters. The Morgan fingerprint density at radius 3 is 2.56 bits per heavy atom. The Kier molecular flexibility index (Phi) is 8.03. The Morgan fingerprint density at radius 2 is 1.81 bits per heavy atom. The van der Waals surface area contributed by atoms with Crippen molar-refractivity contribution in [3.8, 4) is 5.75 Å². The van der Waals surface area contributed by atoms with Gasteiger partial charge in [0.05, 0.1) is 10.0 Å². The molecule has 1 heterocycles. The van der Waals surface area contributed by atoms with E-state index < -0.39 is 0 Å². The molecule has 0 aliphatic carbocycles. The first-order valence-corrected chi connectivity index (χ1v) is 10.2. The lowest BCUT2D eigenvalue weighted by Crippen LogP contribution is -2.41. The average molecular weight is 405 g/mol. The summed E-state index contributed by atoms with van der Waals surface area (Å²) in [6, 6.07) is 15.8. The SMILES string of the molecule is Clc1ccc(OC2CCN(CCNC/C=C/c3ccccc3)CC2)cc1Cl. The van der Waals surface area contributed by atoms with Gasteiger partial charge in [0, 0.05) is 38.8 Å². The van der Waals surface area contributed by atoms with Crippen LogP contribution in [0, 0.1) is 0 Å². The van der Waals surface area contributed by atoms with Crippen molar-refractivity contribution in [1.82, 2.24) is 10.2 Å². The number of benzene rings is 2. The van der Waals surface area contributed by atoms with Crippen LogP contribution in [0.15, 0.2) is 54.6 Å². The standard InChI is InChI=1S/C22H26Cl2N2O/c23-21-9-8-20(17-22(21)24)27-19-10-14-26(15-11-19)16-13-25-12-4-7-18-5-2-1-3-6-18/h1-9,17,19,25H,10-16H2/b7-4+. The Balaban J connectivity index is 1.29. The smallest absolute Gasteiger partial charge is 0.121 e. The van der Waals surface area contributed by atoms with Crippen LogP contribution in [0.5, 0.6) is 5.75 Å². The van der Waals surface area contributed by atoms with E-state index in [1.54, 1.807) is 12.1 Å². The zero-order valence-corrected chi connectivity index (χ0v) is 16.9. The maximum atomic E-state index is 6.05. The fraction of sp³-hybridized carbons (Fsp3) is 0.364. The number of piperidine rings is 1. The summed E-state index contributed by atoms with van der Waals surface area (Å²) < 4.78 is 6.04. The molecule has 2 aromatic carbocycles. The monoisotopic (exact) mass is 404 g/mol. The third-order valence-corrected chi connectivity index (χ3v) is 5.44. The Bertz CT molecular complexity index is 728. The first-order valence-electron chi connectivity index (χ1n) is 9.47. The van der Waals surface area contributed by atoms with Gasteiger partial charge >= 0.3 is 0 Å². The van der Waals surface area contributed by atoms with Crippen LogP contribution in [-0.4, -0.2) is 43.7 Å². The normalized spacial score (nSPS) is 16.1. The molecule has 0 bridgehead atoms.